The quantitative estimate of drug-likeness (QED) is 0.689. The second kappa shape index (κ2) is 5.99. The number of halogens is 1. The van der Waals surface area contributed by atoms with Crippen molar-refractivity contribution < 1.29 is 9.53 Å². The number of rotatable bonds is 3. The summed E-state index contributed by atoms with van der Waals surface area (Å²) in [4.78, 5) is 13.2. The summed E-state index contributed by atoms with van der Waals surface area (Å²) in [5, 5.41) is 0.617. The average molecular weight is 294 g/mol. The zero-order chi connectivity index (χ0) is 13.8. The van der Waals surface area contributed by atoms with Crippen LogP contribution >= 0.6 is 23.4 Å². The molecule has 0 radical (unpaired) electrons. The van der Waals surface area contributed by atoms with Gasteiger partial charge in [0.15, 0.2) is 0 Å². The Labute approximate surface area is 120 Å². The van der Waals surface area contributed by atoms with E-state index in [1.54, 1.807) is 24.3 Å². The largest absolute Gasteiger partial charge is 0.465 e. The van der Waals surface area contributed by atoms with Crippen molar-refractivity contribution in [1.29, 1.82) is 0 Å². The standard InChI is InChI=1S/C14H12ClNO2S/c1-18-14(17)9-5-4-7-11(16)13(9)19-12-8-3-2-6-10(12)15/h2-8H,16H2,1H3. The maximum Gasteiger partial charge on any atom is 0.339 e. The predicted molar refractivity (Wildman–Crippen MR) is 77.8 cm³/mol. The Morgan fingerprint density at radius 3 is 2.63 bits per heavy atom. The molecule has 0 aromatic heterocycles. The molecule has 2 aromatic rings. The van der Waals surface area contributed by atoms with Crippen LogP contribution in [0.4, 0.5) is 5.69 Å². The molecule has 98 valence electrons. The van der Waals surface area contributed by atoms with Gasteiger partial charge >= 0.3 is 5.97 Å². The topological polar surface area (TPSA) is 52.3 Å². The van der Waals surface area contributed by atoms with Crippen molar-refractivity contribution >= 4 is 35.0 Å². The van der Waals surface area contributed by atoms with E-state index in [1.807, 2.05) is 18.2 Å². The first-order valence-corrected chi connectivity index (χ1v) is 6.72. The van der Waals surface area contributed by atoms with E-state index >= 15 is 0 Å². The lowest BCUT2D eigenvalue weighted by Crippen LogP contribution is -2.05. The number of nitrogen functional groups attached to an aromatic ring is 1. The Kier molecular flexibility index (Phi) is 4.35. The third-order valence-corrected chi connectivity index (χ3v) is 4.18. The molecule has 3 nitrogen and oxygen atoms in total. The van der Waals surface area contributed by atoms with Gasteiger partial charge in [0.2, 0.25) is 0 Å². The summed E-state index contributed by atoms with van der Waals surface area (Å²) in [7, 11) is 1.34. The van der Waals surface area contributed by atoms with Crippen molar-refractivity contribution in [2.75, 3.05) is 12.8 Å². The van der Waals surface area contributed by atoms with Crippen LogP contribution in [-0.4, -0.2) is 13.1 Å². The molecule has 0 fully saturated rings. The third kappa shape index (κ3) is 3.03. The molecule has 2 rings (SSSR count). The Bertz CT molecular complexity index is 616. The third-order valence-electron chi connectivity index (χ3n) is 2.50. The number of carbonyl (C=O) groups excluding carboxylic acids is 1. The van der Waals surface area contributed by atoms with Gasteiger partial charge in [-0.2, -0.15) is 0 Å². The van der Waals surface area contributed by atoms with Crippen molar-refractivity contribution in [3.63, 3.8) is 0 Å². The predicted octanol–water partition coefficient (Wildman–Crippen LogP) is 3.86. The average Bonchev–Trinajstić information content (AvgIpc) is 2.42. The first-order valence-electron chi connectivity index (χ1n) is 5.52. The van der Waals surface area contributed by atoms with E-state index < -0.39 is 5.97 Å². The first kappa shape index (κ1) is 13.8. The summed E-state index contributed by atoms with van der Waals surface area (Å²) in [5.41, 5.74) is 6.90. The molecular weight excluding hydrogens is 282 g/mol. The van der Waals surface area contributed by atoms with Gasteiger partial charge < -0.3 is 10.5 Å². The molecule has 5 heteroatoms. The van der Waals surface area contributed by atoms with Crippen LogP contribution in [0.25, 0.3) is 0 Å². The van der Waals surface area contributed by atoms with Gasteiger partial charge in [-0.1, -0.05) is 41.6 Å². The van der Waals surface area contributed by atoms with Gasteiger partial charge in [-0.3, -0.25) is 0 Å². The van der Waals surface area contributed by atoms with Gasteiger partial charge in [-0.15, -0.1) is 0 Å². The summed E-state index contributed by atoms with van der Waals surface area (Å²) in [6.07, 6.45) is 0. The van der Waals surface area contributed by atoms with Gasteiger partial charge in [0.25, 0.3) is 0 Å². The molecule has 0 atom stereocenters. The molecule has 0 aliphatic rings. The number of esters is 1. The summed E-state index contributed by atoms with van der Waals surface area (Å²) >= 11 is 7.47. The van der Waals surface area contributed by atoms with Crippen LogP contribution in [0, 0.1) is 0 Å². The zero-order valence-corrected chi connectivity index (χ0v) is 11.8. The number of carbonyl (C=O) groups is 1. The number of benzene rings is 2. The second-order valence-corrected chi connectivity index (χ2v) is 5.21. The Balaban J connectivity index is 2.45. The van der Waals surface area contributed by atoms with E-state index in [0.717, 1.165) is 4.90 Å². The van der Waals surface area contributed by atoms with Crippen LogP contribution in [0.1, 0.15) is 10.4 Å². The van der Waals surface area contributed by atoms with Crippen LogP contribution in [-0.2, 0) is 4.74 Å². The van der Waals surface area contributed by atoms with E-state index in [4.69, 9.17) is 22.1 Å². The van der Waals surface area contributed by atoms with Gasteiger partial charge in [-0.05, 0) is 24.3 Å². The van der Waals surface area contributed by atoms with E-state index in [9.17, 15) is 4.79 Å². The number of ether oxygens (including phenoxy) is 1. The fraction of sp³-hybridized carbons (Fsp3) is 0.0714. The Morgan fingerprint density at radius 1 is 1.21 bits per heavy atom. The zero-order valence-electron chi connectivity index (χ0n) is 10.2. The maximum absolute atomic E-state index is 11.7. The first-order chi connectivity index (χ1) is 9.13. The minimum absolute atomic E-state index is 0.415. The fourth-order valence-corrected chi connectivity index (χ4v) is 2.81. The van der Waals surface area contributed by atoms with Crippen molar-refractivity contribution in [3.05, 3.63) is 53.1 Å². The molecule has 0 saturated heterocycles. The lowest BCUT2D eigenvalue weighted by atomic mass is 10.2. The molecule has 0 bridgehead atoms. The molecule has 0 saturated carbocycles. The Hall–Kier alpha value is -1.65. The highest BCUT2D eigenvalue weighted by atomic mass is 35.5. The molecule has 0 heterocycles. The van der Waals surface area contributed by atoms with Crippen molar-refractivity contribution in [2.45, 2.75) is 9.79 Å². The smallest absolute Gasteiger partial charge is 0.339 e. The number of anilines is 1. The number of methoxy groups -OCH3 is 1. The fourth-order valence-electron chi connectivity index (χ4n) is 1.58. The van der Waals surface area contributed by atoms with E-state index in [-0.39, 0.29) is 0 Å². The normalized spacial score (nSPS) is 10.2. The van der Waals surface area contributed by atoms with Gasteiger partial charge in [0.05, 0.1) is 17.7 Å². The summed E-state index contributed by atoms with van der Waals surface area (Å²) in [5.74, 6) is -0.415. The van der Waals surface area contributed by atoms with Crippen molar-refractivity contribution in [2.24, 2.45) is 0 Å². The SMILES string of the molecule is COC(=O)c1cccc(N)c1Sc1ccccc1Cl. The number of nitrogens with two attached hydrogens (primary N) is 1. The number of hydrogen-bond acceptors (Lipinski definition) is 4. The minimum atomic E-state index is -0.415. The monoisotopic (exact) mass is 293 g/mol. The Morgan fingerprint density at radius 2 is 1.95 bits per heavy atom. The van der Waals surface area contributed by atoms with E-state index in [0.29, 0.717) is 21.2 Å². The second-order valence-electron chi connectivity index (χ2n) is 3.75. The lowest BCUT2D eigenvalue weighted by Gasteiger charge is -2.11. The lowest BCUT2D eigenvalue weighted by molar-refractivity contribution is 0.0597. The highest BCUT2D eigenvalue weighted by Crippen LogP contribution is 2.38. The summed E-state index contributed by atoms with van der Waals surface area (Å²) < 4.78 is 4.76. The van der Waals surface area contributed by atoms with E-state index in [1.165, 1.54) is 18.9 Å². The van der Waals surface area contributed by atoms with Gasteiger partial charge in [0, 0.05) is 15.5 Å². The van der Waals surface area contributed by atoms with Gasteiger partial charge in [0.1, 0.15) is 0 Å². The summed E-state index contributed by atoms with van der Waals surface area (Å²) in [6, 6.07) is 12.5. The molecule has 2 aromatic carbocycles. The van der Waals surface area contributed by atoms with Crippen LogP contribution < -0.4 is 5.73 Å². The van der Waals surface area contributed by atoms with Gasteiger partial charge in [-0.25, -0.2) is 4.79 Å². The van der Waals surface area contributed by atoms with Crippen LogP contribution in [0.3, 0.4) is 0 Å². The van der Waals surface area contributed by atoms with E-state index in [2.05, 4.69) is 0 Å². The molecule has 0 spiro atoms. The molecule has 0 unspecified atom stereocenters. The molecular formula is C14H12ClNO2S. The molecule has 0 amide bonds. The van der Waals surface area contributed by atoms with Crippen LogP contribution in [0.2, 0.25) is 5.02 Å². The molecule has 0 aliphatic heterocycles. The minimum Gasteiger partial charge on any atom is -0.465 e. The number of hydrogen-bond donors (Lipinski definition) is 1. The molecule has 0 aliphatic carbocycles. The molecule has 19 heavy (non-hydrogen) atoms. The highest BCUT2D eigenvalue weighted by molar-refractivity contribution is 7.99. The van der Waals surface area contributed by atoms with Crippen LogP contribution in [0.15, 0.2) is 52.3 Å². The molecule has 2 N–H and O–H groups in total. The van der Waals surface area contributed by atoms with Crippen molar-refractivity contribution in [3.8, 4) is 0 Å². The summed E-state index contributed by atoms with van der Waals surface area (Å²) in [6.45, 7) is 0. The van der Waals surface area contributed by atoms with Crippen molar-refractivity contribution in [1.82, 2.24) is 0 Å². The highest BCUT2D eigenvalue weighted by Gasteiger charge is 2.16. The van der Waals surface area contributed by atoms with Crippen LogP contribution in [0.5, 0.6) is 0 Å². The maximum atomic E-state index is 11.7.